The number of rotatable bonds is 5. The van der Waals surface area contributed by atoms with Gasteiger partial charge in [-0.3, -0.25) is 9.80 Å². The lowest BCUT2D eigenvalue weighted by atomic mass is 9.91. The molecule has 0 saturated carbocycles. The lowest BCUT2D eigenvalue weighted by Gasteiger charge is -2.50. The summed E-state index contributed by atoms with van der Waals surface area (Å²) in [7, 11) is 1.57. The Morgan fingerprint density at radius 1 is 1.22 bits per heavy atom. The van der Waals surface area contributed by atoms with E-state index in [9.17, 15) is 20.0 Å². The second kappa shape index (κ2) is 9.80. The smallest absolute Gasteiger partial charge is 0.407 e. The molecule has 2 saturated heterocycles. The number of cyclic esters (lactones) is 1. The lowest BCUT2D eigenvalue weighted by molar-refractivity contribution is -0.0118. The summed E-state index contributed by atoms with van der Waals surface area (Å²) in [4.78, 5) is 30.6. The number of hydrogen-bond acceptors (Lipinski definition) is 7. The van der Waals surface area contributed by atoms with Crippen LogP contribution in [0, 0.1) is 18.3 Å². The number of hydrogen-bond donors (Lipinski definition) is 1. The number of amides is 1. The average molecular weight is 491 g/mol. The van der Waals surface area contributed by atoms with Crippen molar-refractivity contribution in [3.8, 4) is 11.8 Å². The normalized spacial score (nSPS) is 21.9. The van der Waals surface area contributed by atoms with E-state index in [0.717, 1.165) is 54.9 Å². The van der Waals surface area contributed by atoms with Gasteiger partial charge >= 0.3 is 12.1 Å². The number of ether oxygens (including phenoxy) is 2. The lowest BCUT2D eigenvalue weighted by Crippen LogP contribution is -2.63. The number of nitriles is 1. The van der Waals surface area contributed by atoms with Gasteiger partial charge in [-0.2, -0.15) is 5.26 Å². The third-order valence-corrected chi connectivity index (χ3v) is 7.80. The molecule has 1 N–H and O–H groups in total. The van der Waals surface area contributed by atoms with Crippen LogP contribution in [0.25, 0.3) is 0 Å². The van der Waals surface area contributed by atoms with Crippen LogP contribution in [0.15, 0.2) is 30.3 Å². The molecule has 2 unspecified atom stereocenters. The fourth-order valence-electron chi connectivity index (χ4n) is 5.73. The monoisotopic (exact) mass is 490 g/mol. The summed E-state index contributed by atoms with van der Waals surface area (Å²) in [5.74, 6) is 0.280. The van der Waals surface area contributed by atoms with Crippen LogP contribution in [-0.4, -0.2) is 84.3 Å². The highest BCUT2D eigenvalue weighted by molar-refractivity contribution is 5.94. The Morgan fingerprint density at radius 3 is 2.81 bits per heavy atom. The Kier molecular flexibility index (Phi) is 6.56. The van der Waals surface area contributed by atoms with E-state index >= 15 is 0 Å². The van der Waals surface area contributed by atoms with Crippen LogP contribution < -0.4 is 4.74 Å². The van der Waals surface area contributed by atoms with E-state index in [1.807, 2.05) is 25.1 Å². The molecule has 188 valence electrons. The van der Waals surface area contributed by atoms with E-state index in [1.54, 1.807) is 24.1 Å². The van der Waals surface area contributed by atoms with Gasteiger partial charge in [-0.15, -0.1) is 0 Å². The van der Waals surface area contributed by atoms with Crippen LogP contribution in [0.4, 0.5) is 4.79 Å². The zero-order valence-corrected chi connectivity index (χ0v) is 20.6. The second-order valence-electron chi connectivity index (χ2n) is 9.68. The zero-order chi connectivity index (χ0) is 25.4. The number of carbonyl (C=O) groups excluding carboxylic acids is 1. The number of nitrogens with zero attached hydrogens (tertiary/aromatic N) is 4. The maximum atomic E-state index is 12.3. The highest BCUT2D eigenvalue weighted by Crippen LogP contribution is 2.35. The standard InChI is InChI=1S/C27H30N4O5/c1-17-21(5-6-22-23(17)16-36-26(22)32)24-15-30-10-9-29(13-20(30)14-31(24)27(33)34)8-7-18-3-4-19(12-28)25(11-18)35-2/h3-6,11,20,24H,7-10,13-16H2,1-2H3,(H,33,34). The minimum absolute atomic E-state index is 0.126. The van der Waals surface area contributed by atoms with E-state index in [2.05, 4.69) is 15.9 Å². The van der Waals surface area contributed by atoms with Gasteiger partial charge in [0.2, 0.25) is 0 Å². The molecule has 3 aliphatic heterocycles. The molecule has 5 rings (SSSR count). The van der Waals surface area contributed by atoms with Gasteiger partial charge in [0.25, 0.3) is 0 Å². The Balaban J connectivity index is 1.27. The number of carboxylic acid groups (broad SMARTS) is 1. The van der Waals surface area contributed by atoms with Crippen molar-refractivity contribution in [1.82, 2.24) is 14.7 Å². The number of carbonyl (C=O) groups is 2. The van der Waals surface area contributed by atoms with Crippen molar-refractivity contribution in [2.24, 2.45) is 0 Å². The first-order valence-corrected chi connectivity index (χ1v) is 12.2. The SMILES string of the molecule is COc1cc(CCN2CCN3CC(c4ccc5c(c4C)COC5=O)N(C(=O)O)CC3C2)ccc1C#N. The minimum atomic E-state index is -0.923. The number of piperazine rings is 2. The van der Waals surface area contributed by atoms with E-state index < -0.39 is 6.09 Å². The maximum absolute atomic E-state index is 12.3. The molecule has 0 radical (unpaired) electrons. The predicted molar refractivity (Wildman–Crippen MR) is 131 cm³/mol. The molecule has 1 amide bonds. The molecule has 0 aromatic heterocycles. The van der Waals surface area contributed by atoms with Crippen molar-refractivity contribution in [3.05, 3.63) is 63.7 Å². The molecule has 0 spiro atoms. The van der Waals surface area contributed by atoms with Gasteiger partial charge in [-0.25, -0.2) is 9.59 Å². The third-order valence-electron chi connectivity index (χ3n) is 7.80. The zero-order valence-electron chi connectivity index (χ0n) is 20.6. The molecular formula is C27H30N4O5. The quantitative estimate of drug-likeness (QED) is 0.638. The van der Waals surface area contributed by atoms with Crippen LogP contribution in [0.3, 0.4) is 0 Å². The fourth-order valence-corrected chi connectivity index (χ4v) is 5.73. The molecular weight excluding hydrogens is 460 g/mol. The topological polar surface area (TPSA) is 106 Å². The molecule has 2 fully saturated rings. The van der Waals surface area contributed by atoms with Crippen molar-refractivity contribution < 1.29 is 24.2 Å². The second-order valence-corrected chi connectivity index (χ2v) is 9.68. The first-order valence-electron chi connectivity index (χ1n) is 12.2. The van der Waals surface area contributed by atoms with Crippen molar-refractivity contribution in [2.75, 3.05) is 46.4 Å². The summed E-state index contributed by atoms with van der Waals surface area (Å²) < 4.78 is 10.5. The van der Waals surface area contributed by atoms with Gasteiger partial charge < -0.3 is 19.5 Å². The Bertz CT molecular complexity index is 1240. The molecule has 9 heteroatoms. The average Bonchev–Trinajstić information content (AvgIpc) is 3.28. The van der Waals surface area contributed by atoms with E-state index in [-0.39, 0.29) is 24.7 Å². The summed E-state index contributed by atoms with van der Waals surface area (Å²) in [6.45, 7) is 6.72. The molecule has 9 nitrogen and oxygen atoms in total. The van der Waals surface area contributed by atoms with E-state index in [4.69, 9.17) is 9.47 Å². The Hall–Kier alpha value is -3.61. The molecule has 0 bridgehead atoms. The van der Waals surface area contributed by atoms with Gasteiger partial charge in [0.05, 0.1) is 24.3 Å². The van der Waals surface area contributed by atoms with Gasteiger partial charge in [-0.05, 0) is 48.2 Å². The summed E-state index contributed by atoms with van der Waals surface area (Å²) in [6.07, 6.45) is -0.0940. The highest BCUT2D eigenvalue weighted by atomic mass is 16.5. The van der Waals surface area contributed by atoms with Crippen LogP contribution in [0.2, 0.25) is 0 Å². The maximum Gasteiger partial charge on any atom is 0.407 e. The summed E-state index contributed by atoms with van der Waals surface area (Å²) in [5.41, 5.74) is 4.99. The van der Waals surface area contributed by atoms with Crippen LogP contribution in [0.5, 0.6) is 5.75 Å². The van der Waals surface area contributed by atoms with Gasteiger partial charge in [0.1, 0.15) is 18.4 Å². The van der Waals surface area contributed by atoms with E-state index in [1.165, 1.54) is 0 Å². The van der Waals surface area contributed by atoms with Crippen LogP contribution in [0.1, 0.15) is 44.2 Å². The minimum Gasteiger partial charge on any atom is -0.495 e. The molecule has 36 heavy (non-hydrogen) atoms. The first kappa shape index (κ1) is 24.1. The highest BCUT2D eigenvalue weighted by Gasteiger charge is 2.41. The Labute approximate surface area is 210 Å². The van der Waals surface area contributed by atoms with Gasteiger partial charge in [-0.1, -0.05) is 12.1 Å². The number of fused-ring (bicyclic) bond motifs is 2. The van der Waals surface area contributed by atoms with Crippen molar-refractivity contribution >= 4 is 12.1 Å². The fraction of sp³-hybridized carbons (Fsp3) is 0.444. The number of esters is 1. The van der Waals surface area contributed by atoms with Crippen molar-refractivity contribution in [2.45, 2.75) is 32.0 Å². The molecule has 2 aromatic rings. The predicted octanol–water partition coefficient (Wildman–Crippen LogP) is 2.81. The molecule has 3 aliphatic rings. The van der Waals surface area contributed by atoms with Crippen molar-refractivity contribution in [1.29, 1.82) is 5.26 Å². The van der Waals surface area contributed by atoms with Crippen LogP contribution >= 0.6 is 0 Å². The number of benzene rings is 2. The molecule has 0 aliphatic carbocycles. The molecule has 2 aromatic carbocycles. The first-order chi connectivity index (χ1) is 17.4. The Morgan fingerprint density at radius 2 is 2.06 bits per heavy atom. The summed E-state index contributed by atoms with van der Waals surface area (Å²) >= 11 is 0. The molecule has 3 heterocycles. The van der Waals surface area contributed by atoms with Gasteiger partial charge in [0.15, 0.2) is 0 Å². The molecule has 2 atom stereocenters. The summed E-state index contributed by atoms with van der Waals surface area (Å²) in [6, 6.07) is 11.3. The number of methoxy groups -OCH3 is 1. The van der Waals surface area contributed by atoms with Gasteiger partial charge in [0, 0.05) is 50.9 Å². The summed E-state index contributed by atoms with van der Waals surface area (Å²) in [5, 5.41) is 19.3. The van der Waals surface area contributed by atoms with Crippen LogP contribution in [-0.2, 0) is 17.8 Å². The van der Waals surface area contributed by atoms with Crippen molar-refractivity contribution in [3.63, 3.8) is 0 Å². The largest absolute Gasteiger partial charge is 0.495 e. The third kappa shape index (κ3) is 4.38. The van der Waals surface area contributed by atoms with E-state index in [0.29, 0.717) is 30.0 Å².